The van der Waals surface area contributed by atoms with Crippen LogP contribution in [0.5, 0.6) is 17.2 Å². The molecule has 0 spiro atoms. The maximum Gasteiger partial charge on any atom is 0.275 e. The van der Waals surface area contributed by atoms with Crippen LogP contribution in [0.3, 0.4) is 0 Å². The molecule has 27 heavy (non-hydrogen) atoms. The zero-order valence-electron chi connectivity index (χ0n) is 14.9. The highest BCUT2D eigenvalue weighted by atomic mass is 16.7. The van der Waals surface area contributed by atoms with Crippen molar-refractivity contribution in [2.24, 2.45) is 0 Å². The third-order valence-corrected chi connectivity index (χ3v) is 4.01. The minimum atomic E-state index is -0.262. The van der Waals surface area contributed by atoms with E-state index in [0.29, 0.717) is 35.4 Å². The highest BCUT2D eigenvalue weighted by Gasteiger charge is 2.19. The molecule has 0 atom stereocenters. The first kappa shape index (κ1) is 17.0. The van der Waals surface area contributed by atoms with E-state index in [1.165, 1.54) is 11.2 Å². The van der Waals surface area contributed by atoms with E-state index in [4.69, 9.17) is 23.0 Å². The molecule has 0 aliphatic carbocycles. The molecule has 0 saturated carbocycles. The molecule has 3 aromatic rings. The second-order valence-corrected chi connectivity index (χ2v) is 6.10. The minimum absolute atomic E-state index is 0.0913. The van der Waals surface area contributed by atoms with E-state index in [-0.39, 0.29) is 25.0 Å². The number of benzene rings is 1. The zero-order valence-corrected chi connectivity index (χ0v) is 14.9. The monoisotopic (exact) mass is 370 g/mol. The maximum absolute atomic E-state index is 12.5. The van der Waals surface area contributed by atoms with Gasteiger partial charge in [0.15, 0.2) is 23.8 Å². The van der Waals surface area contributed by atoms with Gasteiger partial charge in [0.05, 0.1) is 6.54 Å². The van der Waals surface area contributed by atoms with E-state index in [1.54, 1.807) is 25.2 Å². The topological polar surface area (TPSA) is 87.2 Å². The number of carbonyl (C=O) groups excluding carboxylic acids is 1. The lowest BCUT2D eigenvalue weighted by Gasteiger charge is -2.13. The largest absolute Gasteiger partial charge is 0.484 e. The first-order valence-corrected chi connectivity index (χ1v) is 8.36. The molecule has 0 fully saturated rings. The van der Waals surface area contributed by atoms with Gasteiger partial charge in [-0.15, -0.1) is 0 Å². The van der Waals surface area contributed by atoms with Gasteiger partial charge in [-0.25, -0.2) is 4.98 Å². The van der Waals surface area contributed by atoms with E-state index >= 15 is 0 Å². The summed E-state index contributed by atoms with van der Waals surface area (Å²) in [6.45, 7) is 2.50. The van der Waals surface area contributed by atoms with Crippen LogP contribution in [-0.2, 0) is 13.2 Å². The molecule has 1 aromatic carbocycles. The SMILES string of the molecule is Cc1ccc(CN(C)C(=O)c2coc(COc3ccc4c(c3)OCO4)n2)o1. The fourth-order valence-corrected chi connectivity index (χ4v) is 2.66. The predicted octanol–water partition coefficient (Wildman–Crippen LogP) is 3.16. The highest BCUT2D eigenvalue weighted by Crippen LogP contribution is 2.35. The molecule has 8 heteroatoms. The van der Waals surface area contributed by atoms with Crippen molar-refractivity contribution in [2.45, 2.75) is 20.1 Å². The van der Waals surface area contributed by atoms with Gasteiger partial charge in [-0.05, 0) is 31.2 Å². The number of ether oxygens (including phenoxy) is 3. The number of aromatic nitrogens is 1. The Morgan fingerprint density at radius 2 is 2.07 bits per heavy atom. The Hall–Kier alpha value is -3.42. The van der Waals surface area contributed by atoms with Gasteiger partial charge in [0.2, 0.25) is 12.7 Å². The average Bonchev–Trinajstić information content (AvgIpc) is 3.39. The molecule has 0 bridgehead atoms. The van der Waals surface area contributed by atoms with Crippen molar-refractivity contribution < 1.29 is 27.8 Å². The van der Waals surface area contributed by atoms with Gasteiger partial charge >= 0.3 is 0 Å². The number of hydrogen-bond acceptors (Lipinski definition) is 7. The van der Waals surface area contributed by atoms with E-state index in [0.717, 1.165) is 5.76 Å². The van der Waals surface area contributed by atoms with Crippen molar-refractivity contribution in [1.29, 1.82) is 0 Å². The molecule has 1 amide bonds. The van der Waals surface area contributed by atoms with Crippen LogP contribution in [-0.4, -0.2) is 29.6 Å². The molecule has 1 aliphatic rings. The quantitative estimate of drug-likeness (QED) is 0.659. The summed E-state index contributed by atoms with van der Waals surface area (Å²) >= 11 is 0. The van der Waals surface area contributed by atoms with Crippen LogP contribution in [0.2, 0.25) is 0 Å². The van der Waals surface area contributed by atoms with Crippen LogP contribution in [0, 0.1) is 6.92 Å². The molecule has 0 saturated heterocycles. The standard InChI is InChI=1S/C19H18N2O6/c1-12-3-4-14(27-12)8-21(2)19(22)15-9-24-18(20-15)10-23-13-5-6-16-17(7-13)26-11-25-16/h3-7,9H,8,10-11H2,1-2H3. The first-order valence-electron chi connectivity index (χ1n) is 8.36. The van der Waals surface area contributed by atoms with Gasteiger partial charge in [-0.1, -0.05) is 0 Å². The Bertz CT molecular complexity index is 961. The Kier molecular flexibility index (Phi) is 4.45. The number of carbonyl (C=O) groups is 1. The average molecular weight is 370 g/mol. The molecule has 8 nitrogen and oxygen atoms in total. The summed E-state index contributed by atoms with van der Waals surface area (Å²) in [5, 5.41) is 0. The van der Waals surface area contributed by atoms with Gasteiger partial charge in [0.1, 0.15) is 23.5 Å². The molecular formula is C19H18N2O6. The molecule has 3 heterocycles. The van der Waals surface area contributed by atoms with Crippen LogP contribution in [0.1, 0.15) is 27.9 Å². The fraction of sp³-hybridized carbons (Fsp3) is 0.263. The number of nitrogens with zero attached hydrogens (tertiary/aromatic N) is 2. The van der Waals surface area contributed by atoms with Gasteiger partial charge in [-0.2, -0.15) is 0 Å². The number of furan rings is 1. The molecule has 4 rings (SSSR count). The number of amides is 1. The van der Waals surface area contributed by atoms with Gasteiger partial charge in [0, 0.05) is 13.1 Å². The highest BCUT2D eigenvalue weighted by molar-refractivity contribution is 5.91. The maximum atomic E-state index is 12.5. The minimum Gasteiger partial charge on any atom is -0.484 e. The summed E-state index contributed by atoms with van der Waals surface area (Å²) in [5.74, 6) is 3.45. The van der Waals surface area contributed by atoms with Crippen molar-refractivity contribution in [1.82, 2.24) is 9.88 Å². The Balaban J connectivity index is 1.35. The Morgan fingerprint density at radius 1 is 1.22 bits per heavy atom. The van der Waals surface area contributed by atoms with Crippen LogP contribution >= 0.6 is 0 Å². The molecular weight excluding hydrogens is 352 g/mol. The number of rotatable bonds is 6. The van der Waals surface area contributed by atoms with E-state index in [2.05, 4.69) is 4.98 Å². The summed E-state index contributed by atoms with van der Waals surface area (Å²) in [6, 6.07) is 8.97. The van der Waals surface area contributed by atoms with E-state index in [1.807, 2.05) is 19.1 Å². The predicted molar refractivity (Wildman–Crippen MR) is 92.6 cm³/mol. The van der Waals surface area contributed by atoms with Crippen LogP contribution in [0.4, 0.5) is 0 Å². The first-order chi connectivity index (χ1) is 13.1. The molecule has 140 valence electrons. The number of hydrogen-bond donors (Lipinski definition) is 0. The molecule has 0 N–H and O–H groups in total. The molecule has 0 radical (unpaired) electrons. The lowest BCUT2D eigenvalue weighted by Crippen LogP contribution is -2.26. The smallest absolute Gasteiger partial charge is 0.275 e. The van der Waals surface area contributed by atoms with Crippen molar-refractivity contribution in [3.8, 4) is 17.2 Å². The van der Waals surface area contributed by atoms with Gasteiger partial charge in [0.25, 0.3) is 5.91 Å². The second kappa shape index (κ2) is 7.06. The summed E-state index contributed by atoms with van der Waals surface area (Å²) in [5.41, 5.74) is 0.213. The van der Waals surface area contributed by atoms with E-state index in [9.17, 15) is 4.79 Å². The number of fused-ring (bicyclic) bond motifs is 1. The Morgan fingerprint density at radius 3 is 2.89 bits per heavy atom. The molecule has 0 unspecified atom stereocenters. The number of aryl methyl sites for hydroxylation is 1. The third kappa shape index (κ3) is 3.74. The molecule has 1 aliphatic heterocycles. The summed E-state index contributed by atoms with van der Waals surface area (Å²) < 4.78 is 27.0. The normalized spacial score (nSPS) is 12.2. The summed E-state index contributed by atoms with van der Waals surface area (Å²) in [6.07, 6.45) is 1.32. The lowest BCUT2D eigenvalue weighted by atomic mass is 10.3. The van der Waals surface area contributed by atoms with E-state index < -0.39 is 0 Å². The van der Waals surface area contributed by atoms with Crippen molar-refractivity contribution >= 4 is 5.91 Å². The third-order valence-electron chi connectivity index (χ3n) is 4.01. The molecule has 2 aromatic heterocycles. The van der Waals surface area contributed by atoms with Gasteiger partial charge in [-0.3, -0.25) is 4.79 Å². The van der Waals surface area contributed by atoms with Crippen LogP contribution in [0.15, 0.2) is 45.4 Å². The van der Waals surface area contributed by atoms with Crippen molar-refractivity contribution in [3.63, 3.8) is 0 Å². The second-order valence-electron chi connectivity index (χ2n) is 6.10. The zero-order chi connectivity index (χ0) is 18.8. The lowest BCUT2D eigenvalue weighted by molar-refractivity contribution is 0.0769. The van der Waals surface area contributed by atoms with Crippen molar-refractivity contribution in [2.75, 3.05) is 13.8 Å². The van der Waals surface area contributed by atoms with Crippen LogP contribution in [0.25, 0.3) is 0 Å². The Labute approximate surface area is 155 Å². The summed E-state index contributed by atoms with van der Waals surface area (Å²) in [7, 11) is 1.68. The van der Waals surface area contributed by atoms with Crippen molar-refractivity contribution in [3.05, 3.63) is 59.7 Å². The van der Waals surface area contributed by atoms with Crippen LogP contribution < -0.4 is 14.2 Å². The number of oxazole rings is 1. The summed E-state index contributed by atoms with van der Waals surface area (Å²) in [4.78, 5) is 18.2. The van der Waals surface area contributed by atoms with Gasteiger partial charge < -0.3 is 27.9 Å². The fourth-order valence-electron chi connectivity index (χ4n) is 2.66.